The molecule has 2 heterocycles. The lowest BCUT2D eigenvalue weighted by Crippen LogP contribution is -2.53. The quantitative estimate of drug-likeness (QED) is 0.791. The third kappa shape index (κ3) is 3.20. The molecule has 5 heteroatoms. The number of hydrogen-bond donors (Lipinski definition) is 1. The Morgan fingerprint density at radius 2 is 1.71 bits per heavy atom. The van der Waals surface area contributed by atoms with Gasteiger partial charge in [0.25, 0.3) is 0 Å². The van der Waals surface area contributed by atoms with E-state index >= 15 is 0 Å². The summed E-state index contributed by atoms with van der Waals surface area (Å²) in [5, 5.41) is 3.39. The molecule has 0 atom stereocenters. The first-order valence-corrected chi connectivity index (χ1v) is 8.40. The van der Waals surface area contributed by atoms with Gasteiger partial charge >= 0.3 is 0 Å². The van der Waals surface area contributed by atoms with Crippen LogP contribution in [0.25, 0.3) is 0 Å². The number of rotatable bonds is 2. The Morgan fingerprint density at radius 1 is 1.18 bits per heavy atom. The zero-order valence-electron chi connectivity index (χ0n) is 10.9. The number of nitrogens with zero attached hydrogens (tertiary/aromatic N) is 1. The minimum atomic E-state index is -2.72. The van der Waals surface area contributed by atoms with E-state index in [0.717, 1.165) is 38.8 Å². The highest BCUT2D eigenvalue weighted by atomic mass is 32.2. The van der Waals surface area contributed by atoms with Crippen molar-refractivity contribution in [1.82, 2.24) is 10.2 Å². The topological polar surface area (TPSA) is 49.4 Å². The van der Waals surface area contributed by atoms with E-state index in [-0.39, 0.29) is 5.54 Å². The van der Waals surface area contributed by atoms with E-state index in [0.29, 0.717) is 17.5 Å². The molecule has 1 N–H and O–H groups in total. The first-order chi connectivity index (χ1) is 7.94. The van der Waals surface area contributed by atoms with Crippen molar-refractivity contribution in [2.75, 3.05) is 31.6 Å². The molecule has 2 rings (SSSR count). The van der Waals surface area contributed by atoms with Gasteiger partial charge in [0.1, 0.15) is 9.84 Å². The van der Waals surface area contributed by atoms with E-state index in [1.54, 1.807) is 0 Å². The molecule has 0 aromatic heterocycles. The van der Waals surface area contributed by atoms with Crippen molar-refractivity contribution in [3.63, 3.8) is 0 Å². The molecule has 0 unspecified atom stereocenters. The summed E-state index contributed by atoms with van der Waals surface area (Å²) in [6, 6.07) is 0.500. The van der Waals surface area contributed by atoms with Gasteiger partial charge in [-0.2, -0.15) is 0 Å². The molecule has 4 nitrogen and oxygen atoms in total. The van der Waals surface area contributed by atoms with Crippen LogP contribution in [-0.2, 0) is 9.84 Å². The van der Waals surface area contributed by atoms with Crippen molar-refractivity contribution in [3.8, 4) is 0 Å². The summed E-state index contributed by atoms with van der Waals surface area (Å²) >= 11 is 0. The standard InChI is InChI=1S/C12H24N2O2S/c1-12(13-2)5-7-14(8-6-12)11-3-9-17(15,16)10-4-11/h11,13H,3-10H2,1-2H3. The molecule has 0 radical (unpaired) electrons. The van der Waals surface area contributed by atoms with E-state index in [1.807, 2.05) is 7.05 Å². The number of sulfone groups is 1. The predicted molar refractivity (Wildman–Crippen MR) is 69.9 cm³/mol. The molecular weight excluding hydrogens is 236 g/mol. The lowest BCUT2D eigenvalue weighted by Gasteiger charge is -2.43. The van der Waals surface area contributed by atoms with Gasteiger partial charge in [-0.1, -0.05) is 0 Å². The summed E-state index contributed by atoms with van der Waals surface area (Å²) in [4.78, 5) is 2.49. The van der Waals surface area contributed by atoms with E-state index in [9.17, 15) is 8.42 Å². The number of likely N-dealkylation sites (tertiary alicyclic amines) is 1. The lowest BCUT2D eigenvalue weighted by atomic mass is 9.88. The van der Waals surface area contributed by atoms with Crippen LogP contribution in [0.1, 0.15) is 32.6 Å². The van der Waals surface area contributed by atoms with E-state index in [4.69, 9.17) is 0 Å². The zero-order chi connectivity index (χ0) is 12.5. The Balaban J connectivity index is 1.86. The largest absolute Gasteiger partial charge is 0.314 e. The second kappa shape index (κ2) is 4.86. The highest BCUT2D eigenvalue weighted by molar-refractivity contribution is 7.91. The normalized spacial score (nSPS) is 30.2. The van der Waals surface area contributed by atoms with Crippen LogP contribution < -0.4 is 5.32 Å². The lowest BCUT2D eigenvalue weighted by molar-refractivity contribution is 0.104. The van der Waals surface area contributed by atoms with Gasteiger partial charge in [-0.05, 0) is 39.7 Å². The smallest absolute Gasteiger partial charge is 0.150 e. The molecule has 0 aromatic carbocycles. The molecule has 0 amide bonds. The summed E-state index contributed by atoms with van der Waals surface area (Å²) in [6.45, 7) is 4.47. The maximum Gasteiger partial charge on any atom is 0.150 e. The Morgan fingerprint density at radius 3 is 2.18 bits per heavy atom. The van der Waals surface area contributed by atoms with Gasteiger partial charge in [-0.15, -0.1) is 0 Å². The molecule has 0 spiro atoms. The van der Waals surface area contributed by atoms with Crippen LogP contribution in [0.15, 0.2) is 0 Å². The summed E-state index contributed by atoms with van der Waals surface area (Å²) in [6.07, 6.45) is 3.98. The maximum absolute atomic E-state index is 11.4. The molecule has 2 aliphatic heterocycles. The van der Waals surface area contributed by atoms with Crippen LogP contribution >= 0.6 is 0 Å². The summed E-state index contributed by atoms with van der Waals surface area (Å²) < 4.78 is 22.8. The van der Waals surface area contributed by atoms with Crippen molar-refractivity contribution >= 4 is 9.84 Å². The summed E-state index contributed by atoms with van der Waals surface area (Å²) in [5.74, 6) is 0.773. The fraction of sp³-hybridized carbons (Fsp3) is 1.00. The minimum Gasteiger partial charge on any atom is -0.314 e. The molecule has 2 fully saturated rings. The van der Waals surface area contributed by atoms with Gasteiger partial charge in [-0.3, -0.25) is 0 Å². The molecule has 2 aliphatic rings. The number of piperidine rings is 1. The molecule has 100 valence electrons. The van der Waals surface area contributed by atoms with Crippen molar-refractivity contribution in [1.29, 1.82) is 0 Å². The predicted octanol–water partition coefficient (Wildman–Crippen LogP) is 0.638. The molecule has 17 heavy (non-hydrogen) atoms. The van der Waals surface area contributed by atoms with E-state index in [1.165, 1.54) is 0 Å². The Labute approximate surface area is 105 Å². The van der Waals surface area contributed by atoms with E-state index < -0.39 is 9.84 Å². The Hall–Kier alpha value is -0.130. The minimum absolute atomic E-state index is 0.275. The average Bonchev–Trinajstić information content (AvgIpc) is 2.31. The number of hydrogen-bond acceptors (Lipinski definition) is 4. The van der Waals surface area contributed by atoms with Gasteiger partial charge in [0, 0.05) is 24.7 Å². The van der Waals surface area contributed by atoms with Crippen molar-refractivity contribution in [2.45, 2.75) is 44.2 Å². The molecule has 0 saturated carbocycles. The van der Waals surface area contributed by atoms with E-state index in [2.05, 4.69) is 17.1 Å². The first-order valence-electron chi connectivity index (χ1n) is 6.57. The first kappa shape index (κ1) is 13.3. The van der Waals surface area contributed by atoms with Crippen LogP contribution in [0.3, 0.4) is 0 Å². The maximum atomic E-state index is 11.4. The van der Waals surface area contributed by atoms with Crippen molar-refractivity contribution < 1.29 is 8.42 Å². The highest BCUT2D eigenvalue weighted by Crippen LogP contribution is 2.26. The van der Waals surface area contributed by atoms with Crippen LogP contribution in [0, 0.1) is 0 Å². The van der Waals surface area contributed by atoms with Gasteiger partial charge in [0.05, 0.1) is 11.5 Å². The Kier molecular flexibility index (Phi) is 3.80. The van der Waals surface area contributed by atoms with Gasteiger partial charge in [0.2, 0.25) is 0 Å². The molecule has 0 bridgehead atoms. The van der Waals surface area contributed by atoms with Gasteiger partial charge in [0.15, 0.2) is 0 Å². The zero-order valence-corrected chi connectivity index (χ0v) is 11.7. The molecular formula is C12H24N2O2S. The second-order valence-electron chi connectivity index (χ2n) is 5.73. The van der Waals surface area contributed by atoms with Crippen LogP contribution in [0.4, 0.5) is 0 Å². The third-order valence-electron chi connectivity index (χ3n) is 4.55. The monoisotopic (exact) mass is 260 g/mol. The summed E-state index contributed by atoms with van der Waals surface area (Å²) in [5.41, 5.74) is 0.275. The second-order valence-corrected chi connectivity index (χ2v) is 8.03. The molecule has 0 aromatic rings. The Bertz CT molecular complexity index is 345. The van der Waals surface area contributed by atoms with Crippen molar-refractivity contribution in [2.24, 2.45) is 0 Å². The third-order valence-corrected chi connectivity index (χ3v) is 6.26. The van der Waals surface area contributed by atoms with Crippen molar-refractivity contribution in [3.05, 3.63) is 0 Å². The number of nitrogens with one attached hydrogen (secondary N) is 1. The van der Waals surface area contributed by atoms with Crippen LogP contribution in [0.2, 0.25) is 0 Å². The van der Waals surface area contributed by atoms with Crippen LogP contribution in [0.5, 0.6) is 0 Å². The van der Waals surface area contributed by atoms with Gasteiger partial charge < -0.3 is 10.2 Å². The SMILES string of the molecule is CNC1(C)CCN(C2CCS(=O)(=O)CC2)CC1. The highest BCUT2D eigenvalue weighted by Gasteiger charge is 2.33. The average molecular weight is 260 g/mol. The fourth-order valence-corrected chi connectivity index (χ4v) is 4.34. The fourth-order valence-electron chi connectivity index (χ4n) is 2.88. The summed E-state index contributed by atoms with van der Waals surface area (Å²) in [7, 11) is -0.690. The van der Waals surface area contributed by atoms with Gasteiger partial charge in [-0.25, -0.2) is 8.42 Å². The van der Waals surface area contributed by atoms with Crippen LogP contribution in [-0.4, -0.2) is 56.5 Å². The molecule has 0 aliphatic carbocycles. The molecule has 2 saturated heterocycles.